The van der Waals surface area contributed by atoms with Crippen LogP contribution < -0.4 is 5.32 Å². The molecule has 2 rings (SSSR count). The van der Waals surface area contributed by atoms with E-state index in [-0.39, 0.29) is 0 Å². The molecule has 2 aliphatic heterocycles. The summed E-state index contributed by atoms with van der Waals surface area (Å²) in [6, 6.07) is 0. The van der Waals surface area contributed by atoms with Crippen molar-refractivity contribution >= 4 is 0 Å². The number of rotatable bonds is 0. The largest absolute Gasteiger partial charge is 0.381 e. The lowest BCUT2D eigenvalue weighted by Crippen LogP contribution is -2.31. The minimum atomic E-state index is 0.637. The highest BCUT2D eigenvalue weighted by atomic mass is 16.5. The fourth-order valence-corrected chi connectivity index (χ4v) is 2.03. The lowest BCUT2D eigenvalue weighted by Gasteiger charge is -2.32. The molecule has 2 heterocycles. The van der Waals surface area contributed by atoms with Gasteiger partial charge in [-0.05, 0) is 31.2 Å². The van der Waals surface area contributed by atoms with Crippen molar-refractivity contribution in [1.82, 2.24) is 5.32 Å². The topological polar surface area (TPSA) is 21.3 Å². The molecule has 78 valence electrons. The number of hydrogen-bond acceptors (Lipinski definition) is 2. The van der Waals surface area contributed by atoms with Gasteiger partial charge in [0.05, 0.1) is 0 Å². The van der Waals surface area contributed by atoms with E-state index in [1.807, 2.05) is 0 Å². The van der Waals surface area contributed by atoms with E-state index in [9.17, 15) is 0 Å². The summed E-state index contributed by atoms with van der Waals surface area (Å²) in [6.45, 7) is 8.68. The molecule has 0 aromatic heterocycles. The molecule has 0 saturated carbocycles. The van der Waals surface area contributed by atoms with Gasteiger partial charge in [0.15, 0.2) is 0 Å². The van der Waals surface area contributed by atoms with Gasteiger partial charge >= 0.3 is 0 Å². The molecule has 13 heavy (non-hydrogen) atoms. The second-order valence-corrected chi connectivity index (χ2v) is 4.25. The molecule has 2 heteroatoms. The highest BCUT2D eigenvalue weighted by Gasteiger charge is 2.34. The van der Waals surface area contributed by atoms with Crippen molar-refractivity contribution in [2.24, 2.45) is 5.41 Å². The van der Waals surface area contributed by atoms with Gasteiger partial charge in [-0.1, -0.05) is 20.3 Å². The third-order valence-electron chi connectivity index (χ3n) is 2.89. The van der Waals surface area contributed by atoms with Gasteiger partial charge in [-0.25, -0.2) is 0 Å². The summed E-state index contributed by atoms with van der Waals surface area (Å²) >= 11 is 0. The van der Waals surface area contributed by atoms with Gasteiger partial charge in [-0.3, -0.25) is 0 Å². The molecule has 0 aromatic carbocycles. The fourth-order valence-electron chi connectivity index (χ4n) is 2.03. The van der Waals surface area contributed by atoms with E-state index >= 15 is 0 Å². The zero-order valence-electron chi connectivity index (χ0n) is 9.07. The van der Waals surface area contributed by atoms with E-state index in [2.05, 4.69) is 19.2 Å². The minimum Gasteiger partial charge on any atom is -0.381 e. The summed E-state index contributed by atoms with van der Waals surface area (Å²) in [5.74, 6) is 0. The molecule has 0 unspecified atom stereocenters. The summed E-state index contributed by atoms with van der Waals surface area (Å²) in [4.78, 5) is 0. The standard InChI is InChI=1S/C8H15NO.C3H8/c1-4-9-7-8(1)2-5-10-6-3-8;1-3-2/h9H,1-7H2;3H2,1-2H3. The van der Waals surface area contributed by atoms with Crippen LogP contribution in [0, 0.1) is 5.41 Å². The smallest absolute Gasteiger partial charge is 0.0471 e. The molecule has 1 N–H and O–H groups in total. The molecule has 0 bridgehead atoms. The summed E-state index contributed by atoms with van der Waals surface area (Å²) in [5, 5.41) is 3.43. The van der Waals surface area contributed by atoms with Crippen molar-refractivity contribution in [1.29, 1.82) is 0 Å². The molecule has 2 nitrogen and oxygen atoms in total. The third-order valence-corrected chi connectivity index (χ3v) is 2.89. The van der Waals surface area contributed by atoms with Crippen molar-refractivity contribution in [3.63, 3.8) is 0 Å². The van der Waals surface area contributed by atoms with Gasteiger partial charge in [0.25, 0.3) is 0 Å². The minimum absolute atomic E-state index is 0.637. The highest BCUT2D eigenvalue weighted by Crippen LogP contribution is 2.35. The van der Waals surface area contributed by atoms with Gasteiger partial charge in [0.2, 0.25) is 0 Å². The van der Waals surface area contributed by atoms with E-state index in [1.165, 1.54) is 38.8 Å². The van der Waals surface area contributed by atoms with E-state index in [0.717, 1.165) is 13.2 Å². The normalized spacial score (nSPS) is 25.4. The fraction of sp³-hybridized carbons (Fsp3) is 1.00. The Labute approximate surface area is 82.0 Å². The zero-order valence-corrected chi connectivity index (χ0v) is 9.07. The molecular weight excluding hydrogens is 162 g/mol. The molecule has 0 aliphatic carbocycles. The first-order valence-electron chi connectivity index (χ1n) is 5.61. The second-order valence-electron chi connectivity index (χ2n) is 4.25. The second kappa shape index (κ2) is 5.61. The van der Waals surface area contributed by atoms with Crippen LogP contribution in [-0.4, -0.2) is 26.3 Å². The molecule has 0 aromatic rings. The Balaban J connectivity index is 0.000000251. The van der Waals surface area contributed by atoms with Crippen LogP contribution in [0.25, 0.3) is 0 Å². The van der Waals surface area contributed by atoms with Crippen LogP contribution in [0.3, 0.4) is 0 Å². The van der Waals surface area contributed by atoms with Crippen LogP contribution in [0.5, 0.6) is 0 Å². The number of ether oxygens (including phenoxy) is 1. The molecule has 0 radical (unpaired) electrons. The Kier molecular flexibility index (Phi) is 4.74. The molecule has 0 atom stereocenters. The van der Waals surface area contributed by atoms with E-state index in [0.29, 0.717) is 5.41 Å². The van der Waals surface area contributed by atoms with Gasteiger partial charge in [0.1, 0.15) is 0 Å². The summed E-state index contributed by atoms with van der Waals surface area (Å²) in [6.07, 6.45) is 5.18. The summed E-state index contributed by atoms with van der Waals surface area (Å²) in [7, 11) is 0. The van der Waals surface area contributed by atoms with Gasteiger partial charge in [-0.2, -0.15) is 0 Å². The summed E-state index contributed by atoms with van der Waals surface area (Å²) < 4.78 is 5.33. The Morgan fingerprint density at radius 1 is 1.15 bits per heavy atom. The lowest BCUT2D eigenvalue weighted by molar-refractivity contribution is 0.0246. The van der Waals surface area contributed by atoms with Crippen molar-refractivity contribution in [3.05, 3.63) is 0 Å². The van der Waals surface area contributed by atoms with Crippen molar-refractivity contribution < 1.29 is 4.74 Å². The molecular formula is C11H23NO. The Hall–Kier alpha value is -0.0800. The van der Waals surface area contributed by atoms with Gasteiger partial charge in [0, 0.05) is 19.8 Å². The van der Waals surface area contributed by atoms with Crippen molar-refractivity contribution in [2.45, 2.75) is 39.5 Å². The first kappa shape index (κ1) is 11.0. The first-order chi connectivity index (χ1) is 6.33. The van der Waals surface area contributed by atoms with E-state index < -0.39 is 0 Å². The van der Waals surface area contributed by atoms with E-state index in [4.69, 9.17) is 4.74 Å². The average Bonchev–Trinajstić information content (AvgIpc) is 2.56. The molecule has 1 spiro atoms. The Morgan fingerprint density at radius 3 is 2.23 bits per heavy atom. The zero-order chi connectivity index (χ0) is 9.57. The Bertz CT molecular complexity index is 122. The van der Waals surface area contributed by atoms with Gasteiger partial charge in [-0.15, -0.1) is 0 Å². The van der Waals surface area contributed by atoms with Gasteiger partial charge < -0.3 is 10.1 Å². The first-order valence-corrected chi connectivity index (χ1v) is 5.61. The summed E-state index contributed by atoms with van der Waals surface area (Å²) in [5.41, 5.74) is 0.637. The Morgan fingerprint density at radius 2 is 1.77 bits per heavy atom. The van der Waals surface area contributed by atoms with Crippen LogP contribution in [0.4, 0.5) is 0 Å². The van der Waals surface area contributed by atoms with Crippen molar-refractivity contribution in [3.8, 4) is 0 Å². The molecule has 2 fully saturated rings. The molecule has 2 aliphatic rings. The van der Waals surface area contributed by atoms with E-state index in [1.54, 1.807) is 0 Å². The third kappa shape index (κ3) is 3.28. The molecule has 0 amide bonds. The highest BCUT2D eigenvalue weighted by molar-refractivity contribution is 4.89. The molecule has 2 saturated heterocycles. The number of nitrogens with one attached hydrogen (secondary N) is 1. The maximum Gasteiger partial charge on any atom is 0.0471 e. The number of hydrogen-bond donors (Lipinski definition) is 1. The van der Waals surface area contributed by atoms with Crippen LogP contribution in [0.15, 0.2) is 0 Å². The predicted molar refractivity (Wildman–Crippen MR) is 55.9 cm³/mol. The van der Waals surface area contributed by atoms with Crippen LogP contribution in [0.1, 0.15) is 39.5 Å². The lowest BCUT2D eigenvalue weighted by atomic mass is 9.80. The maximum absolute atomic E-state index is 5.33. The van der Waals surface area contributed by atoms with Crippen LogP contribution in [0.2, 0.25) is 0 Å². The average molecular weight is 185 g/mol. The van der Waals surface area contributed by atoms with Crippen LogP contribution >= 0.6 is 0 Å². The maximum atomic E-state index is 5.33. The quantitative estimate of drug-likeness (QED) is 0.624. The monoisotopic (exact) mass is 185 g/mol. The predicted octanol–water partition coefficient (Wildman–Crippen LogP) is 2.19. The SMILES string of the molecule is C1CC2(CCOCC2)CN1.CCC. The van der Waals surface area contributed by atoms with Crippen molar-refractivity contribution in [2.75, 3.05) is 26.3 Å². The van der Waals surface area contributed by atoms with Crippen LogP contribution in [-0.2, 0) is 4.74 Å².